The first kappa shape index (κ1) is 31.5. The molecule has 0 spiro atoms. The summed E-state index contributed by atoms with van der Waals surface area (Å²) in [4.78, 5) is 2.13. The minimum absolute atomic E-state index is 0.0229. The van der Waals surface area contributed by atoms with Crippen molar-refractivity contribution in [3.8, 4) is 12.3 Å². The van der Waals surface area contributed by atoms with E-state index >= 15 is 0 Å². The Morgan fingerprint density at radius 2 is 1.81 bits per heavy atom. The molecule has 37 heavy (non-hydrogen) atoms. The molecule has 2 aliphatic heterocycles. The number of hydrogen-bond acceptors (Lipinski definition) is 4. The maximum Gasteiger partial charge on any atom is 0.240 e. The Morgan fingerprint density at radius 3 is 2.32 bits per heavy atom. The van der Waals surface area contributed by atoms with Gasteiger partial charge in [0.1, 0.15) is 6.23 Å². The molecule has 3 aliphatic rings. The molecule has 7 heteroatoms. The molecule has 0 aromatic carbocycles. The molecule has 0 bridgehead atoms. The third-order valence-electron chi connectivity index (χ3n) is 7.87. The van der Waals surface area contributed by atoms with E-state index < -0.39 is 21.7 Å². The quantitative estimate of drug-likeness (QED) is 0.264. The second-order valence-electron chi connectivity index (χ2n) is 10.6. The molecule has 2 unspecified atom stereocenters. The van der Waals surface area contributed by atoms with Gasteiger partial charge in [-0.25, -0.2) is 12.8 Å². The van der Waals surface area contributed by atoms with Gasteiger partial charge in [-0.15, -0.1) is 12.3 Å². The van der Waals surface area contributed by atoms with E-state index in [0.717, 1.165) is 45.2 Å². The molecule has 5 nitrogen and oxygen atoms in total. The van der Waals surface area contributed by atoms with Gasteiger partial charge in [-0.2, -0.15) is 4.31 Å². The Kier molecular flexibility index (Phi) is 12.3. The molecule has 0 amide bonds. The van der Waals surface area contributed by atoms with Crippen molar-refractivity contribution in [1.82, 2.24) is 9.21 Å². The number of hydrogen-bond donors (Lipinski definition) is 1. The summed E-state index contributed by atoms with van der Waals surface area (Å²) in [7, 11) is -3.87. The molecule has 1 aliphatic carbocycles. The number of halogens is 1. The number of aliphatic hydroxyl groups excluding tert-OH is 1. The number of allylic oxidation sites excluding steroid dienone is 6. The average molecular weight is 535 g/mol. The zero-order valence-corrected chi connectivity index (χ0v) is 24.0. The predicted molar refractivity (Wildman–Crippen MR) is 152 cm³/mol. The first-order valence-corrected chi connectivity index (χ1v) is 15.2. The molecular formula is C30H47FN2O3S. The summed E-state index contributed by atoms with van der Waals surface area (Å²) in [5.41, 5.74) is -0.455. The van der Waals surface area contributed by atoms with Crippen molar-refractivity contribution in [3.05, 3.63) is 47.7 Å². The van der Waals surface area contributed by atoms with Crippen LogP contribution in [0.1, 0.15) is 85.5 Å². The molecule has 2 saturated heterocycles. The van der Waals surface area contributed by atoms with E-state index in [-0.39, 0.29) is 41.6 Å². The Labute approximate surface area is 225 Å². The summed E-state index contributed by atoms with van der Waals surface area (Å²) < 4.78 is 42.8. The summed E-state index contributed by atoms with van der Waals surface area (Å²) in [6.07, 6.45) is 20.3. The fourth-order valence-corrected chi connectivity index (χ4v) is 7.24. The first-order chi connectivity index (χ1) is 17.6. The molecule has 0 radical (unpaired) electrons. The van der Waals surface area contributed by atoms with E-state index in [1.54, 1.807) is 11.2 Å². The highest BCUT2D eigenvalue weighted by Gasteiger charge is 2.61. The third-order valence-corrected chi connectivity index (χ3v) is 9.82. The van der Waals surface area contributed by atoms with Gasteiger partial charge in [-0.05, 0) is 71.6 Å². The third kappa shape index (κ3) is 7.89. The van der Waals surface area contributed by atoms with Crippen LogP contribution in [-0.2, 0) is 10.0 Å². The molecule has 4 atom stereocenters. The van der Waals surface area contributed by atoms with Crippen LogP contribution in [0.2, 0.25) is 0 Å². The van der Waals surface area contributed by atoms with Crippen LogP contribution in [0, 0.1) is 23.7 Å². The van der Waals surface area contributed by atoms with E-state index in [9.17, 15) is 17.9 Å². The highest BCUT2D eigenvalue weighted by atomic mass is 32.2. The number of likely N-dealkylation sites (tertiary alicyclic amines) is 1. The lowest BCUT2D eigenvalue weighted by molar-refractivity contribution is -0.0697. The minimum Gasteiger partial charge on any atom is -0.378 e. The van der Waals surface area contributed by atoms with Gasteiger partial charge in [-0.3, -0.25) is 4.90 Å². The highest BCUT2D eigenvalue weighted by molar-refractivity contribution is 7.93. The van der Waals surface area contributed by atoms with Crippen LogP contribution in [0.4, 0.5) is 4.39 Å². The lowest BCUT2D eigenvalue weighted by Gasteiger charge is -2.46. The van der Waals surface area contributed by atoms with Crippen molar-refractivity contribution in [2.45, 2.75) is 104 Å². The Morgan fingerprint density at radius 1 is 1.19 bits per heavy atom. The largest absolute Gasteiger partial charge is 0.378 e. The van der Waals surface area contributed by atoms with Crippen molar-refractivity contribution < 1.29 is 17.9 Å². The van der Waals surface area contributed by atoms with Crippen molar-refractivity contribution in [3.63, 3.8) is 0 Å². The summed E-state index contributed by atoms with van der Waals surface area (Å²) in [5, 5.41) is 11.3. The van der Waals surface area contributed by atoms with Crippen molar-refractivity contribution in [2.75, 3.05) is 13.1 Å². The SMILES string of the molecule is C#CCC(=C)S(=O)(=O)N1[C@H](/C=C/C(C)C/C(F)=C\C)CCC[C@@H]1C1(C(O)N2CCCC2)CC1.C/C=C\C. The van der Waals surface area contributed by atoms with Crippen LogP contribution in [-0.4, -0.2) is 54.1 Å². The van der Waals surface area contributed by atoms with Gasteiger partial charge >= 0.3 is 0 Å². The fourth-order valence-electron chi connectivity index (χ4n) is 5.50. The molecule has 1 saturated carbocycles. The van der Waals surface area contributed by atoms with Crippen LogP contribution in [0.25, 0.3) is 0 Å². The van der Waals surface area contributed by atoms with Crippen LogP contribution in [0.15, 0.2) is 47.7 Å². The van der Waals surface area contributed by atoms with Gasteiger partial charge in [0.05, 0.1) is 10.7 Å². The molecule has 3 fully saturated rings. The molecule has 208 valence electrons. The molecule has 0 aromatic heterocycles. The van der Waals surface area contributed by atoms with E-state index in [0.29, 0.717) is 12.8 Å². The lowest BCUT2D eigenvalue weighted by atomic mass is 9.84. The Bertz CT molecular complexity index is 981. The summed E-state index contributed by atoms with van der Waals surface area (Å²) >= 11 is 0. The van der Waals surface area contributed by atoms with Gasteiger partial charge in [0.15, 0.2) is 0 Å². The zero-order valence-electron chi connectivity index (χ0n) is 23.2. The van der Waals surface area contributed by atoms with E-state index in [1.807, 2.05) is 45.1 Å². The number of nitrogens with zero attached hydrogens (tertiary/aromatic N) is 2. The first-order valence-electron chi connectivity index (χ1n) is 13.7. The number of sulfonamides is 1. The predicted octanol–water partition coefficient (Wildman–Crippen LogP) is 6.31. The molecule has 3 rings (SSSR count). The summed E-state index contributed by atoms with van der Waals surface area (Å²) in [6, 6.07) is -0.666. The van der Waals surface area contributed by atoms with E-state index in [4.69, 9.17) is 6.42 Å². The maximum atomic E-state index is 13.7. The molecule has 0 aromatic rings. The topological polar surface area (TPSA) is 60.9 Å². The van der Waals surface area contributed by atoms with E-state index in [1.165, 1.54) is 6.08 Å². The average Bonchev–Trinajstić information content (AvgIpc) is 3.52. The van der Waals surface area contributed by atoms with Crippen LogP contribution >= 0.6 is 0 Å². The number of aliphatic hydroxyl groups is 1. The maximum absolute atomic E-state index is 13.7. The van der Waals surface area contributed by atoms with Crippen LogP contribution in [0.5, 0.6) is 0 Å². The Hall–Kier alpha value is -1.72. The normalized spacial score (nSPS) is 26.5. The molecule has 2 heterocycles. The smallest absolute Gasteiger partial charge is 0.240 e. The molecule has 1 N–H and O–H groups in total. The van der Waals surface area contributed by atoms with Crippen LogP contribution in [0.3, 0.4) is 0 Å². The van der Waals surface area contributed by atoms with Gasteiger partial charge in [0, 0.05) is 43.4 Å². The highest BCUT2D eigenvalue weighted by Crippen LogP contribution is 2.58. The summed E-state index contributed by atoms with van der Waals surface area (Å²) in [6.45, 7) is 13.1. The van der Waals surface area contributed by atoms with Crippen molar-refractivity contribution >= 4 is 10.0 Å². The number of terminal acetylenes is 1. The van der Waals surface area contributed by atoms with E-state index in [2.05, 4.69) is 17.4 Å². The van der Waals surface area contributed by atoms with Gasteiger partial charge in [0.2, 0.25) is 10.0 Å². The van der Waals surface area contributed by atoms with Crippen molar-refractivity contribution in [2.24, 2.45) is 11.3 Å². The molecular weight excluding hydrogens is 487 g/mol. The minimum atomic E-state index is -3.87. The summed E-state index contributed by atoms with van der Waals surface area (Å²) in [5.74, 6) is 2.19. The lowest BCUT2D eigenvalue weighted by Crippen LogP contribution is -2.57. The van der Waals surface area contributed by atoms with Gasteiger partial charge in [-0.1, -0.05) is 43.9 Å². The van der Waals surface area contributed by atoms with Gasteiger partial charge in [0.25, 0.3) is 0 Å². The monoisotopic (exact) mass is 534 g/mol. The standard InChI is InChI=1S/C26H39FN2O3S.C4H8/c1-5-10-21(4)33(31,32)29-23(14-13-20(3)19-22(27)6-2)11-9-12-24(29)26(15-16-26)25(30)28-17-7-8-18-28;1-3-4-2/h1,6,13-14,20,23-25,30H,4,7-12,15-19H2,2-3H3;3-4H,1-2H3/b14-13+,22-6+;4-3-/t20?,23-,24+,25?;/m0./s1. The number of rotatable bonds is 10. The van der Waals surface area contributed by atoms with Gasteiger partial charge < -0.3 is 5.11 Å². The number of piperidine rings is 1. The second-order valence-corrected chi connectivity index (χ2v) is 12.5. The Balaban J connectivity index is 0.00000112. The van der Waals surface area contributed by atoms with Crippen molar-refractivity contribution in [1.29, 1.82) is 0 Å². The fraction of sp³-hybridized carbons (Fsp3) is 0.667. The second kappa shape index (κ2) is 14.4. The zero-order chi connectivity index (χ0) is 27.6. The van der Waals surface area contributed by atoms with Crippen LogP contribution < -0.4 is 0 Å².